The number of halogens is 1. The number of nitro benzene ring substituents is 1. The molecule has 0 radical (unpaired) electrons. The fourth-order valence-corrected chi connectivity index (χ4v) is 2.89. The number of aromatic nitrogens is 1. The maximum Gasteiger partial charge on any atom is 0.271 e. The van der Waals surface area contributed by atoms with Gasteiger partial charge in [-0.15, -0.1) is 0 Å². The van der Waals surface area contributed by atoms with Crippen LogP contribution in [0, 0.1) is 10.1 Å². The van der Waals surface area contributed by atoms with Gasteiger partial charge in [-0.25, -0.2) is 4.98 Å². The van der Waals surface area contributed by atoms with Crippen LogP contribution in [-0.4, -0.2) is 24.0 Å². The van der Waals surface area contributed by atoms with Gasteiger partial charge in [0, 0.05) is 36.3 Å². The van der Waals surface area contributed by atoms with Gasteiger partial charge in [0.25, 0.3) is 5.69 Å². The van der Waals surface area contributed by atoms with Gasteiger partial charge in [0.2, 0.25) is 5.89 Å². The van der Waals surface area contributed by atoms with Crippen LogP contribution in [0.15, 0.2) is 45.3 Å². The molecular formula is C15H12BrN3O3. The highest BCUT2D eigenvalue weighted by Gasteiger charge is 2.14. The van der Waals surface area contributed by atoms with Crippen LogP contribution in [0.2, 0.25) is 0 Å². The second-order valence-electron chi connectivity index (χ2n) is 4.99. The minimum absolute atomic E-state index is 0.00325. The van der Waals surface area contributed by atoms with Gasteiger partial charge in [-0.3, -0.25) is 10.1 Å². The van der Waals surface area contributed by atoms with Crippen LogP contribution < -0.4 is 4.90 Å². The first kappa shape index (κ1) is 14.5. The molecule has 2 aromatic carbocycles. The van der Waals surface area contributed by atoms with E-state index in [0.29, 0.717) is 17.0 Å². The Balaban J connectivity index is 2.06. The van der Waals surface area contributed by atoms with Gasteiger partial charge >= 0.3 is 0 Å². The van der Waals surface area contributed by atoms with Crippen molar-refractivity contribution in [1.82, 2.24) is 4.98 Å². The smallest absolute Gasteiger partial charge is 0.271 e. The molecule has 3 rings (SSSR count). The summed E-state index contributed by atoms with van der Waals surface area (Å²) in [6, 6.07) is 10.1. The number of anilines is 1. The van der Waals surface area contributed by atoms with E-state index in [4.69, 9.17) is 4.42 Å². The number of non-ortho nitro benzene ring substituents is 1. The minimum atomic E-state index is -0.448. The molecule has 0 bridgehead atoms. The van der Waals surface area contributed by atoms with Crippen molar-refractivity contribution in [3.8, 4) is 11.5 Å². The summed E-state index contributed by atoms with van der Waals surface area (Å²) >= 11 is 3.52. The lowest BCUT2D eigenvalue weighted by Gasteiger charge is -2.14. The van der Waals surface area contributed by atoms with Crippen molar-refractivity contribution in [3.05, 3.63) is 51.0 Å². The van der Waals surface area contributed by atoms with E-state index in [2.05, 4.69) is 20.9 Å². The van der Waals surface area contributed by atoms with Crippen LogP contribution in [0.4, 0.5) is 11.4 Å². The van der Waals surface area contributed by atoms with Gasteiger partial charge in [0.1, 0.15) is 5.52 Å². The third-order valence-electron chi connectivity index (χ3n) is 3.26. The lowest BCUT2D eigenvalue weighted by molar-refractivity contribution is -0.384. The standard InChI is InChI=1S/C15H12BrN3O3/c1-18(2)13-5-3-9(7-11(13)16)15-17-12-8-10(19(20)21)4-6-14(12)22-15/h3-8H,1-2H3. The number of nitro groups is 1. The Morgan fingerprint density at radius 2 is 2.00 bits per heavy atom. The zero-order chi connectivity index (χ0) is 15.9. The highest BCUT2D eigenvalue weighted by molar-refractivity contribution is 9.10. The molecule has 3 aromatic rings. The Bertz CT molecular complexity index is 874. The maximum absolute atomic E-state index is 10.8. The Kier molecular flexibility index (Phi) is 3.58. The molecular weight excluding hydrogens is 350 g/mol. The number of fused-ring (bicyclic) bond motifs is 1. The summed E-state index contributed by atoms with van der Waals surface area (Å²) in [5.74, 6) is 0.432. The lowest BCUT2D eigenvalue weighted by Crippen LogP contribution is -2.09. The number of oxazole rings is 1. The lowest BCUT2D eigenvalue weighted by atomic mass is 10.2. The third-order valence-corrected chi connectivity index (χ3v) is 3.89. The van der Waals surface area contributed by atoms with Crippen molar-refractivity contribution in [3.63, 3.8) is 0 Å². The van der Waals surface area contributed by atoms with E-state index >= 15 is 0 Å². The van der Waals surface area contributed by atoms with Crippen molar-refractivity contribution in [2.24, 2.45) is 0 Å². The van der Waals surface area contributed by atoms with E-state index in [-0.39, 0.29) is 5.69 Å². The molecule has 112 valence electrons. The predicted molar refractivity (Wildman–Crippen MR) is 88.1 cm³/mol. The van der Waals surface area contributed by atoms with Crippen LogP contribution in [0.25, 0.3) is 22.6 Å². The van der Waals surface area contributed by atoms with Crippen molar-refractivity contribution >= 4 is 38.4 Å². The molecule has 0 aliphatic heterocycles. The number of hydrogen-bond acceptors (Lipinski definition) is 5. The predicted octanol–water partition coefficient (Wildman–Crippen LogP) is 4.23. The molecule has 6 nitrogen and oxygen atoms in total. The Labute approximate surface area is 134 Å². The number of rotatable bonds is 3. The molecule has 1 aromatic heterocycles. The molecule has 7 heteroatoms. The van der Waals surface area contributed by atoms with Crippen molar-refractivity contribution in [2.75, 3.05) is 19.0 Å². The molecule has 0 aliphatic carbocycles. The molecule has 0 unspecified atom stereocenters. The minimum Gasteiger partial charge on any atom is -0.436 e. The molecule has 0 spiro atoms. The normalized spacial score (nSPS) is 10.9. The zero-order valence-corrected chi connectivity index (χ0v) is 13.5. The van der Waals surface area contributed by atoms with Crippen LogP contribution in [0.1, 0.15) is 0 Å². The fraction of sp³-hybridized carbons (Fsp3) is 0.133. The van der Waals surface area contributed by atoms with E-state index < -0.39 is 4.92 Å². The monoisotopic (exact) mass is 361 g/mol. The van der Waals surface area contributed by atoms with Crippen LogP contribution >= 0.6 is 15.9 Å². The van der Waals surface area contributed by atoms with E-state index in [9.17, 15) is 10.1 Å². The van der Waals surface area contributed by atoms with Gasteiger partial charge in [-0.2, -0.15) is 0 Å². The summed E-state index contributed by atoms with van der Waals surface area (Å²) in [5.41, 5.74) is 2.83. The second-order valence-corrected chi connectivity index (χ2v) is 5.84. The number of nitrogens with zero attached hydrogens (tertiary/aromatic N) is 3. The molecule has 0 amide bonds. The fourth-order valence-electron chi connectivity index (χ4n) is 2.16. The molecule has 1 heterocycles. The quantitative estimate of drug-likeness (QED) is 0.515. The van der Waals surface area contributed by atoms with Crippen molar-refractivity contribution < 1.29 is 9.34 Å². The Morgan fingerprint density at radius 3 is 2.64 bits per heavy atom. The van der Waals surface area contributed by atoms with Crippen molar-refractivity contribution in [2.45, 2.75) is 0 Å². The Hall–Kier alpha value is -2.41. The summed E-state index contributed by atoms with van der Waals surface area (Å²) < 4.78 is 6.60. The largest absolute Gasteiger partial charge is 0.436 e. The van der Waals surface area contributed by atoms with Gasteiger partial charge in [0.15, 0.2) is 5.58 Å². The number of hydrogen-bond donors (Lipinski definition) is 0. The first-order valence-corrected chi connectivity index (χ1v) is 7.27. The maximum atomic E-state index is 10.8. The first-order valence-electron chi connectivity index (χ1n) is 6.48. The second kappa shape index (κ2) is 5.42. The van der Waals surface area contributed by atoms with Crippen molar-refractivity contribution in [1.29, 1.82) is 0 Å². The number of benzene rings is 2. The van der Waals surface area contributed by atoms with Crippen LogP contribution in [0.3, 0.4) is 0 Å². The zero-order valence-electron chi connectivity index (χ0n) is 11.9. The SMILES string of the molecule is CN(C)c1ccc(-c2nc3cc([N+](=O)[O-])ccc3o2)cc1Br. The summed E-state index contributed by atoms with van der Waals surface area (Å²) in [6.45, 7) is 0. The topological polar surface area (TPSA) is 72.4 Å². The average Bonchev–Trinajstić information content (AvgIpc) is 2.89. The van der Waals surface area contributed by atoms with E-state index in [1.54, 1.807) is 6.07 Å². The summed E-state index contributed by atoms with van der Waals surface area (Å²) in [6.07, 6.45) is 0. The molecule has 0 aliphatic rings. The van der Waals surface area contributed by atoms with E-state index in [1.807, 2.05) is 37.2 Å². The average molecular weight is 362 g/mol. The van der Waals surface area contributed by atoms with Gasteiger partial charge in [-0.1, -0.05) is 0 Å². The first-order chi connectivity index (χ1) is 10.5. The van der Waals surface area contributed by atoms with E-state index in [0.717, 1.165) is 15.7 Å². The van der Waals surface area contributed by atoms with E-state index in [1.165, 1.54) is 12.1 Å². The third kappa shape index (κ3) is 2.55. The molecule has 22 heavy (non-hydrogen) atoms. The highest BCUT2D eigenvalue weighted by Crippen LogP contribution is 2.32. The van der Waals surface area contributed by atoms with Crippen LogP contribution in [-0.2, 0) is 0 Å². The molecule has 0 N–H and O–H groups in total. The van der Waals surface area contributed by atoms with Gasteiger partial charge < -0.3 is 9.32 Å². The van der Waals surface area contributed by atoms with Gasteiger partial charge in [-0.05, 0) is 40.2 Å². The van der Waals surface area contributed by atoms with Crippen LogP contribution in [0.5, 0.6) is 0 Å². The highest BCUT2D eigenvalue weighted by atomic mass is 79.9. The van der Waals surface area contributed by atoms with Gasteiger partial charge in [0.05, 0.1) is 10.6 Å². The molecule has 0 saturated carbocycles. The molecule has 0 atom stereocenters. The summed E-state index contributed by atoms with van der Waals surface area (Å²) in [4.78, 5) is 16.7. The Morgan fingerprint density at radius 1 is 1.23 bits per heavy atom. The molecule has 0 saturated heterocycles. The summed E-state index contributed by atoms with van der Waals surface area (Å²) in [7, 11) is 3.91. The molecule has 0 fully saturated rings. The summed E-state index contributed by atoms with van der Waals surface area (Å²) in [5, 5.41) is 10.8.